The van der Waals surface area contributed by atoms with Crippen molar-refractivity contribution in [2.75, 3.05) is 18.0 Å². The van der Waals surface area contributed by atoms with E-state index in [1.54, 1.807) is 17.5 Å². The van der Waals surface area contributed by atoms with Crippen molar-refractivity contribution in [2.45, 2.75) is 26.9 Å². The van der Waals surface area contributed by atoms with E-state index in [9.17, 15) is 0 Å². The highest BCUT2D eigenvalue weighted by Gasteiger charge is 2.07. The number of hydrogen-bond donors (Lipinski definition) is 1. The van der Waals surface area contributed by atoms with Crippen LogP contribution in [-0.4, -0.2) is 23.2 Å². The second kappa shape index (κ2) is 6.51. The van der Waals surface area contributed by atoms with E-state index in [2.05, 4.69) is 34.2 Å². The molecule has 0 atom stereocenters. The van der Waals surface area contributed by atoms with Crippen LogP contribution in [0.1, 0.15) is 24.5 Å². The zero-order valence-corrected chi connectivity index (χ0v) is 11.5. The van der Waals surface area contributed by atoms with Gasteiger partial charge in [0, 0.05) is 36.8 Å². The van der Waals surface area contributed by atoms with Gasteiger partial charge in [0.15, 0.2) is 5.13 Å². The molecule has 0 saturated carbocycles. The zero-order chi connectivity index (χ0) is 12.8. The van der Waals surface area contributed by atoms with Gasteiger partial charge in [0.25, 0.3) is 0 Å². The molecule has 0 saturated heterocycles. The van der Waals surface area contributed by atoms with Crippen LogP contribution in [0.3, 0.4) is 0 Å². The minimum absolute atomic E-state index is 0.693. The number of rotatable bonds is 7. The van der Waals surface area contributed by atoms with Crippen molar-refractivity contribution in [3.05, 3.63) is 29.1 Å². The van der Waals surface area contributed by atoms with Gasteiger partial charge in [-0.05, 0) is 13.8 Å². The van der Waals surface area contributed by atoms with Gasteiger partial charge in [-0.25, -0.2) is 4.98 Å². The van der Waals surface area contributed by atoms with Gasteiger partial charge in [-0.15, -0.1) is 11.3 Å². The Balaban J connectivity index is 1.83. The molecule has 0 bridgehead atoms. The van der Waals surface area contributed by atoms with Crippen LogP contribution < -0.4 is 10.2 Å². The molecule has 18 heavy (non-hydrogen) atoms. The van der Waals surface area contributed by atoms with Gasteiger partial charge < -0.3 is 14.7 Å². The van der Waals surface area contributed by atoms with E-state index in [0.717, 1.165) is 30.5 Å². The Labute approximate surface area is 111 Å². The van der Waals surface area contributed by atoms with Crippen LogP contribution in [0, 0.1) is 0 Å². The van der Waals surface area contributed by atoms with Gasteiger partial charge in [0.05, 0.1) is 12.7 Å². The summed E-state index contributed by atoms with van der Waals surface area (Å²) in [7, 11) is 0. The zero-order valence-electron chi connectivity index (χ0n) is 10.7. The molecule has 2 rings (SSSR count). The Morgan fingerprint density at radius 1 is 1.33 bits per heavy atom. The van der Waals surface area contributed by atoms with Gasteiger partial charge in [-0.2, -0.15) is 0 Å². The van der Waals surface area contributed by atoms with E-state index >= 15 is 0 Å². The fourth-order valence-electron chi connectivity index (χ4n) is 1.66. The smallest absolute Gasteiger partial charge is 0.185 e. The standard InChI is InChI=1S/C12H18N4OS/c1-3-16(4-2)12-14-9-11(18-12)8-13-7-10-5-6-15-17-10/h5-6,9,13H,3-4,7-8H2,1-2H3. The van der Waals surface area contributed by atoms with Crippen LogP contribution in [0.15, 0.2) is 23.0 Å². The van der Waals surface area contributed by atoms with E-state index in [0.29, 0.717) is 6.54 Å². The van der Waals surface area contributed by atoms with Crippen molar-refractivity contribution in [3.8, 4) is 0 Å². The Morgan fingerprint density at radius 2 is 2.17 bits per heavy atom. The normalized spacial score (nSPS) is 10.8. The fraction of sp³-hybridized carbons (Fsp3) is 0.500. The Hall–Kier alpha value is -1.40. The number of aromatic nitrogens is 2. The summed E-state index contributed by atoms with van der Waals surface area (Å²) in [5, 5.41) is 8.07. The largest absolute Gasteiger partial charge is 0.360 e. The van der Waals surface area contributed by atoms with E-state index in [-0.39, 0.29) is 0 Å². The topological polar surface area (TPSA) is 54.2 Å². The maximum absolute atomic E-state index is 5.02. The number of nitrogens with one attached hydrogen (secondary N) is 1. The molecule has 0 aliphatic heterocycles. The average molecular weight is 266 g/mol. The van der Waals surface area contributed by atoms with Crippen LogP contribution in [0.2, 0.25) is 0 Å². The molecule has 0 spiro atoms. The van der Waals surface area contributed by atoms with Crippen LogP contribution in [-0.2, 0) is 13.1 Å². The van der Waals surface area contributed by atoms with Crippen molar-refractivity contribution in [2.24, 2.45) is 0 Å². The Morgan fingerprint density at radius 3 is 2.83 bits per heavy atom. The lowest BCUT2D eigenvalue weighted by Gasteiger charge is -2.16. The highest BCUT2D eigenvalue weighted by Crippen LogP contribution is 2.21. The minimum Gasteiger partial charge on any atom is -0.360 e. The summed E-state index contributed by atoms with van der Waals surface area (Å²) < 4.78 is 5.02. The van der Waals surface area contributed by atoms with Crippen molar-refractivity contribution in [3.63, 3.8) is 0 Å². The molecule has 2 heterocycles. The van der Waals surface area contributed by atoms with Gasteiger partial charge >= 0.3 is 0 Å². The van der Waals surface area contributed by atoms with Crippen LogP contribution in [0.4, 0.5) is 5.13 Å². The van der Waals surface area contributed by atoms with Crippen LogP contribution in [0.5, 0.6) is 0 Å². The molecule has 1 N–H and O–H groups in total. The van der Waals surface area contributed by atoms with Crippen molar-refractivity contribution >= 4 is 16.5 Å². The predicted molar refractivity (Wildman–Crippen MR) is 72.7 cm³/mol. The molecule has 0 aliphatic rings. The van der Waals surface area contributed by atoms with E-state index in [1.807, 2.05) is 12.3 Å². The fourth-order valence-corrected chi connectivity index (χ4v) is 2.67. The summed E-state index contributed by atoms with van der Waals surface area (Å²) in [6.07, 6.45) is 3.59. The summed E-state index contributed by atoms with van der Waals surface area (Å²) >= 11 is 1.73. The second-order valence-electron chi connectivity index (χ2n) is 3.86. The van der Waals surface area contributed by atoms with Gasteiger partial charge in [-0.1, -0.05) is 5.16 Å². The Kier molecular flexibility index (Phi) is 4.72. The van der Waals surface area contributed by atoms with Gasteiger partial charge in [0.2, 0.25) is 0 Å². The molecule has 0 fully saturated rings. The first kappa shape index (κ1) is 13.0. The van der Waals surface area contributed by atoms with Crippen molar-refractivity contribution < 1.29 is 4.52 Å². The molecule has 2 aromatic rings. The first-order chi connectivity index (χ1) is 8.83. The molecule has 0 unspecified atom stereocenters. The van der Waals surface area contributed by atoms with E-state index < -0.39 is 0 Å². The summed E-state index contributed by atoms with van der Waals surface area (Å²) in [5.41, 5.74) is 0. The minimum atomic E-state index is 0.693. The first-order valence-corrected chi connectivity index (χ1v) is 6.95. The first-order valence-electron chi connectivity index (χ1n) is 6.13. The molecule has 0 aliphatic carbocycles. The maximum atomic E-state index is 5.02. The van der Waals surface area contributed by atoms with Gasteiger partial charge in [-0.3, -0.25) is 0 Å². The molecule has 0 radical (unpaired) electrons. The lowest BCUT2D eigenvalue weighted by Crippen LogP contribution is -2.21. The van der Waals surface area contributed by atoms with Crippen molar-refractivity contribution in [1.82, 2.24) is 15.5 Å². The average Bonchev–Trinajstić information content (AvgIpc) is 3.03. The van der Waals surface area contributed by atoms with Crippen LogP contribution in [0.25, 0.3) is 0 Å². The third-order valence-electron chi connectivity index (χ3n) is 2.67. The lowest BCUT2D eigenvalue weighted by atomic mass is 10.4. The summed E-state index contributed by atoms with van der Waals surface area (Å²) in [6, 6.07) is 1.86. The number of thiazole rings is 1. The van der Waals surface area contributed by atoms with Crippen LogP contribution >= 0.6 is 11.3 Å². The highest BCUT2D eigenvalue weighted by molar-refractivity contribution is 7.15. The number of anilines is 1. The quantitative estimate of drug-likeness (QED) is 0.833. The summed E-state index contributed by atoms with van der Waals surface area (Å²) in [6.45, 7) is 7.78. The maximum Gasteiger partial charge on any atom is 0.185 e. The molecule has 2 aromatic heterocycles. The number of nitrogens with zero attached hydrogens (tertiary/aromatic N) is 3. The Bertz CT molecular complexity index is 450. The molecular weight excluding hydrogens is 248 g/mol. The van der Waals surface area contributed by atoms with E-state index in [1.165, 1.54) is 4.88 Å². The third kappa shape index (κ3) is 3.30. The summed E-state index contributed by atoms with van der Waals surface area (Å²) in [5.74, 6) is 0.850. The third-order valence-corrected chi connectivity index (χ3v) is 3.72. The molecular formula is C12H18N4OS. The lowest BCUT2D eigenvalue weighted by molar-refractivity contribution is 0.373. The van der Waals surface area contributed by atoms with Gasteiger partial charge in [0.1, 0.15) is 5.76 Å². The second-order valence-corrected chi connectivity index (χ2v) is 4.96. The molecule has 6 heteroatoms. The number of hydrogen-bond acceptors (Lipinski definition) is 6. The van der Waals surface area contributed by atoms with Crippen molar-refractivity contribution in [1.29, 1.82) is 0 Å². The summed E-state index contributed by atoms with van der Waals surface area (Å²) in [4.78, 5) is 7.93. The monoisotopic (exact) mass is 266 g/mol. The highest BCUT2D eigenvalue weighted by atomic mass is 32.1. The molecule has 0 aromatic carbocycles. The molecule has 0 amide bonds. The molecule has 5 nitrogen and oxygen atoms in total. The van der Waals surface area contributed by atoms with E-state index in [4.69, 9.17) is 4.52 Å². The SMILES string of the molecule is CCN(CC)c1ncc(CNCc2ccno2)s1. The molecule has 98 valence electrons. The predicted octanol–water partition coefficient (Wildman–Crippen LogP) is 2.27.